The molecule has 1 heterocycles. The van der Waals surface area contributed by atoms with Gasteiger partial charge in [-0.05, 0) is 19.3 Å². The number of ether oxygens (including phenoxy) is 1. The van der Waals surface area contributed by atoms with Crippen molar-refractivity contribution in [3.63, 3.8) is 0 Å². The molecule has 2 rings (SSSR count). The topological polar surface area (TPSA) is 66.8 Å². The Morgan fingerprint density at radius 2 is 1.94 bits per heavy atom. The molecule has 1 amide bonds. The lowest BCUT2D eigenvalue weighted by molar-refractivity contribution is -0.150. The summed E-state index contributed by atoms with van der Waals surface area (Å²) < 4.78 is 5.23. The van der Waals surface area contributed by atoms with E-state index in [9.17, 15) is 9.59 Å². The summed E-state index contributed by atoms with van der Waals surface area (Å²) in [7, 11) is 1.64. The summed E-state index contributed by atoms with van der Waals surface area (Å²) in [5, 5.41) is 9.17. The average Bonchev–Trinajstić information content (AvgIpc) is 2.86. The Morgan fingerprint density at radius 1 is 1.28 bits per heavy atom. The number of methoxy groups -OCH3 is 1. The molecule has 1 aliphatic heterocycles. The van der Waals surface area contributed by atoms with Crippen LogP contribution in [0, 0.1) is 11.8 Å². The highest BCUT2D eigenvalue weighted by Gasteiger charge is 2.38. The van der Waals surface area contributed by atoms with Crippen LogP contribution in [0.4, 0.5) is 0 Å². The SMILES string of the molecule is COC1CCN(C(=O)C2CC=CCC2C(=O)O)C1. The molecule has 1 saturated heterocycles. The fraction of sp³-hybridized carbons (Fsp3) is 0.692. The van der Waals surface area contributed by atoms with Crippen molar-refractivity contribution in [2.45, 2.75) is 25.4 Å². The van der Waals surface area contributed by atoms with Crippen molar-refractivity contribution in [2.24, 2.45) is 11.8 Å². The van der Waals surface area contributed by atoms with Crippen molar-refractivity contribution >= 4 is 11.9 Å². The van der Waals surface area contributed by atoms with Crippen molar-refractivity contribution < 1.29 is 19.4 Å². The summed E-state index contributed by atoms with van der Waals surface area (Å²) in [6, 6.07) is 0. The van der Waals surface area contributed by atoms with Gasteiger partial charge in [-0.3, -0.25) is 9.59 Å². The van der Waals surface area contributed by atoms with Gasteiger partial charge in [-0.1, -0.05) is 12.2 Å². The van der Waals surface area contributed by atoms with Crippen LogP contribution in [0.1, 0.15) is 19.3 Å². The molecule has 2 aliphatic rings. The molecule has 3 atom stereocenters. The Labute approximate surface area is 106 Å². The molecule has 3 unspecified atom stereocenters. The standard InChI is InChI=1S/C13H19NO4/c1-18-9-6-7-14(8-9)12(15)10-4-2-3-5-11(10)13(16)17/h2-3,9-11H,4-8H2,1H3,(H,16,17). The minimum atomic E-state index is -0.875. The van der Waals surface area contributed by atoms with Gasteiger partial charge in [0.15, 0.2) is 0 Å². The Hall–Kier alpha value is -1.36. The molecule has 0 bridgehead atoms. The minimum Gasteiger partial charge on any atom is -0.481 e. The largest absolute Gasteiger partial charge is 0.481 e. The normalized spacial score (nSPS) is 31.6. The number of carbonyl (C=O) groups is 2. The van der Waals surface area contributed by atoms with E-state index in [0.29, 0.717) is 25.9 Å². The molecular formula is C13H19NO4. The molecule has 1 N–H and O–H groups in total. The van der Waals surface area contributed by atoms with Gasteiger partial charge in [0.1, 0.15) is 0 Å². The first-order valence-corrected chi connectivity index (χ1v) is 6.33. The first-order valence-electron chi connectivity index (χ1n) is 6.33. The van der Waals surface area contributed by atoms with Crippen LogP contribution in [0.3, 0.4) is 0 Å². The summed E-state index contributed by atoms with van der Waals surface area (Å²) in [6.45, 7) is 1.26. The number of carboxylic acid groups (broad SMARTS) is 1. The molecule has 18 heavy (non-hydrogen) atoms. The molecule has 0 aromatic rings. The van der Waals surface area contributed by atoms with Crippen molar-refractivity contribution in [2.75, 3.05) is 20.2 Å². The Balaban J connectivity index is 2.03. The van der Waals surface area contributed by atoms with Crippen LogP contribution in [0.15, 0.2) is 12.2 Å². The number of likely N-dealkylation sites (tertiary alicyclic amines) is 1. The lowest BCUT2D eigenvalue weighted by atomic mass is 9.82. The zero-order chi connectivity index (χ0) is 13.1. The molecule has 0 radical (unpaired) electrons. The summed E-state index contributed by atoms with van der Waals surface area (Å²) >= 11 is 0. The Morgan fingerprint density at radius 3 is 2.50 bits per heavy atom. The molecule has 0 aromatic heterocycles. The lowest BCUT2D eigenvalue weighted by Gasteiger charge is -2.28. The van der Waals surface area contributed by atoms with Crippen molar-refractivity contribution in [3.8, 4) is 0 Å². The van der Waals surface area contributed by atoms with E-state index in [1.54, 1.807) is 12.0 Å². The van der Waals surface area contributed by atoms with Gasteiger partial charge in [-0.15, -0.1) is 0 Å². The number of amides is 1. The monoisotopic (exact) mass is 253 g/mol. The second kappa shape index (κ2) is 5.52. The van der Waals surface area contributed by atoms with E-state index in [1.807, 2.05) is 12.2 Å². The first-order chi connectivity index (χ1) is 8.63. The van der Waals surface area contributed by atoms with Crippen LogP contribution >= 0.6 is 0 Å². The molecule has 1 aliphatic carbocycles. The number of hydrogen-bond acceptors (Lipinski definition) is 3. The maximum absolute atomic E-state index is 12.3. The first kappa shape index (κ1) is 13.1. The van der Waals surface area contributed by atoms with Crippen LogP contribution in [0.5, 0.6) is 0 Å². The number of allylic oxidation sites excluding steroid dienone is 2. The summed E-state index contributed by atoms with van der Waals surface area (Å²) in [4.78, 5) is 25.3. The number of nitrogens with zero attached hydrogens (tertiary/aromatic N) is 1. The van der Waals surface area contributed by atoms with Crippen molar-refractivity contribution in [1.29, 1.82) is 0 Å². The minimum absolute atomic E-state index is 0.0358. The van der Waals surface area contributed by atoms with E-state index in [0.717, 1.165) is 6.42 Å². The number of rotatable bonds is 3. The summed E-state index contributed by atoms with van der Waals surface area (Å²) in [6.07, 6.45) is 5.67. The number of carboxylic acids is 1. The molecular weight excluding hydrogens is 234 g/mol. The highest BCUT2D eigenvalue weighted by Crippen LogP contribution is 2.29. The predicted octanol–water partition coefficient (Wildman–Crippen LogP) is 0.901. The zero-order valence-corrected chi connectivity index (χ0v) is 10.5. The van der Waals surface area contributed by atoms with Gasteiger partial charge >= 0.3 is 5.97 Å². The number of aliphatic carboxylic acids is 1. The third-order valence-corrected chi connectivity index (χ3v) is 3.86. The third kappa shape index (κ3) is 2.56. The van der Waals surface area contributed by atoms with Gasteiger partial charge < -0.3 is 14.7 Å². The molecule has 0 saturated carbocycles. The van der Waals surface area contributed by atoms with Crippen molar-refractivity contribution in [3.05, 3.63) is 12.2 Å². The van der Waals surface area contributed by atoms with Gasteiger partial charge in [-0.25, -0.2) is 0 Å². The van der Waals surface area contributed by atoms with E-state index in [1.165, 1.54) is 0 Å². The second-order valence-electron chi connectivity index (χ2n) is 4.92. The van der Waals surface area contributed by atoms with E-state index >= 15 is 0 Å². The van der Waals surface area contributed by atoms with Crippen LogP contribution in [-0.2, 0) is 14.3 Å². The highest BCUT2D eigenvalue weighted by atomic mass is 16.5. The van der Waals surface area contributed by atoms with E-state index in [4.69, 9.17) is 9.84 Å². The van der Waals surface area contributed by atoms with E-state index in [2.05, 4.69) is 0 Å². The zero-order valence-electron chi connectivity index (χ0n) is 10.5. The van der Waals surface area contributed by atoms with Gasteiger partial charge in [0.05, 0.1) is 17.9 Å². The Bertz CT molecular complexity index is 366. The molecule has 0 aromatic carbocycles. The van der Waals surface area contributed by atoms with Gasteiger partial charge in [0.2, 0.25) is 5.91 Å². The van der Waals surface area contributed by atoms with Gasteiger partial charge in [0, 0.05) is 20.2 Å². The second-order valence-corrected chi connectivity index (χ2v) is 4.92. The third-order valence-electron chi connectivity index (χ3n) is 3.86. The molecule has 1 fully saturated rings. The summed E-state index contributed by atoms with van der Waals surface area (Å²) in [5.41, 5.74) is 0. The Kier molecular flexibility index (Phi) is 4.01. The molecule has 5 nitrogen and oxygen atoms in total. The van der Waals surface area contributed by atoms with Gasteiger partial charge in [0.25, 0.3) is 0 Å². The smallest absolute Gasteiger partial charge is 0.307 e. The van der Waals surface area contributed by atoms with E-state index < -0.39 is 17.8 Å². The van der Waals surface area contributed by atoms with Gasteiger partial charge in [-0.2, -0.15) is 0 Å². The lowest BCUT2D eigenvalue weighted by Crippen LogP contribution is -2.41. The van der Waals surface area contributed by atoms with E-state index in [-0.39, 0.29) is 12.0 Å². The quantitative estimate of drug-likeness (QED) is 0.759. The molecule has 5 heteroatoms. The number of hydrogen-bond donors (Lipinski definition) is 1. The number of carbonyl (C=O) groups excluding carboxylic acids is 1. The van der Waals surface area contributed by atoms with Crippen LogP contribution in [-0.4, -0.2) is 48.2 Å². The molecule has 100 valence electrons. The average molecular weight is 253 g/mol. The fourth-order valence-electron chi connectivity index (χ4n) is 2.72. The predicted molar refractivity (Wildman–Crippen MR) is 65.0 cm³/mol. The highest BCUT2D eigenvalue weighted by molar-refractivity contribution is 5.85. The van der Waals surface area contributed by atoms with Crippen LogP contribution in [0.2, 0.25) is 0 Å². The fourth-order valence-corrected chi connectivity index (χ4v) is 2.72. The summed E-state index contributed by atoms with van der Waals surface area (Å²) in [5.74, 6) is -1.90. The van der Waals surface area contributed by atoms with Crippen LogP contribution in [0.25, 0.3) is 0 Å². The van der Waals surface area contributed by atoms with Crippen LogP contribution < -0.4 is 0 Å². The maximum Gasteiger partial charge on any atom is 0.307 e. The molecule has 0 spiro atoms. The van der Waals surface area contributed by atoms with Crippen molar-refractivity contribution in [1.82, 2.24) is 4.90 Å². The maximum atomic E-state index is 12.3.